The predicted octanol–water partition coefficient (Wildman–Crippen LogP) is 3.02. The van der Waals surface area contributed by atoms with Crippen LogP contribution in [0.25, 0.3) is 0 Å². The van der Waals surface area contributed by atoms with Gasteiger partial charge in [0.15, 0.2) is 0 Å². The maximum atomic E-state index is 12.4. The number of hydrogen-bond donors (Lipinski definition) is 1. The van der Waals surface area contributed by atoms with Gasteiger partial charge in [-0.05, 0) is 24.3 Å². The average molecular weight is 248 g/mol. The fraction of sp³-hybridized carbons (Fsp3) is 0.500. The number of hydrogen-bond acceptors (Lipinski definition) is 3. The number of nitrogens with one attached hydrogen (secondary N) is 1. The van der Waals surface area contributed by atoms with Gasteiger partial charge in [-0.1, -0.05) is 0 Å². The van der Waals surface area contributed by atoms with Crippen LogP contribution in [0.3, 0.4) is 0 Å². The molecule has 1 atom stereocenters. The van der Waals surface area contributed by atoms with Gasteiger partial charge in [-0.2, -0.15) is 24.9 Å². The highest BCUT2D eigenvalue weighted by Crippen LogP contribution is 2.30. The first-order valence-electron chi connectivity index (χ1n) is 4.93. The van der Waals surface area contributed by atoms with Gasteiger partial charge in [0.1, 0.15) is 5.82 Å². The Morgan fingerprint density at radius 3 is 2.88 bits per heavy atom. The van der Waals surface area contributed by atoms with Gasteiger partial charge < -0.3 is 5.32 Å². The lowest BCUT2D eigenvalue weighted by Crippen LogP contribution is -2.19. The molecule has 6 heteroatoms. The van der Waals surface area contributed by atoms with Crippen LogP contribution in [0.4, 0.5) is 19.0 Å². The summed E-state index contributed by atoms with van der Waals surface area (Å²) in [5.41, 5.74) is -0.657. The number of alkyl halides is 3. The Hall–Kier alpha value is -0.910. The first-order valence-corrected chi connectivity index (χ1v) is 6.09. The summed E-state index contributed by atoms with van der Waals surface area (Å²) < 4.78 is 37.3. The quantitative estimate of drug-likeness (QED) is 0.870. The van der Waals surface area contributed by atoms with Gasteiger partial charge in [0, 0.05) is 18.0 Å². The normalized spacial score (nSPS) is 21.1. The van der Waals surface area contributed by atoms with Gasteiger partial charge >= 0.3 is 6.18 Å². The summed E-state index contributed by atoms with van der Waals surface area (Å²) in [5, 5.41) is 3.02. The first kappa shape index (κ1) is 11.6. The zero-order valence-corrected chi connectivity index (χ0v) is 9.24. The van der Waals surface area contributed by atoms with E-state index < -0.39 is 11.7 Å². The number of anilines is 1. The van der Waals surface area contributed by atoms with E-state index in [-0.39, 0.29) is 6.04 Å². The molecular formula is C10H11F3N2S. The summed E-state index contributed by atoms with van der Waals surface area (Å²) in [6.45, 7) is 0. The molecule has 0 spiro atoms. The molecule has 1 fully saturated rings. The van der Waals surface area contributed by atoms with Crippen molar-refractivity contribution in [3.63, 3.8) is 0 Å². The van der Waals surface area contributed by atoms with Gasteiger partial charge in [0.25, 0.3) is 0 Å². The molecule has 0 aromatic carbocycles. The SMILES string of the molecule is FC(F)(F)c1ccnc(NC2CCSC2)c1. The second-order valence-electron chi connectivity index (χ2n) is 3.63. The van der Waals surface area contributed by atoms with Crippen LogP contribution in [-0.2, 0) is 6.18 Å². The Kier molecular flexibility index (Phi) is 3.28. The highest BCUT2D eigenvalue weighted by Gasteiger charge is 2.30. The lowest BCUT2D eigenvalue weighted by Gasteiger charge is -2.13. The standard InChI is InChI=1S/C10H11F3N2S/c11-10(12,13)7-1-3-14-9(5-7)15-8-2-4-16-6-8/h1,3,5,8H,2,4,6H2,(H,14,15). The van der Waals surface area contributed by atoms with Crippen molar-refractivity contribution in [2.45, 2.75) is 18.6 Å². The monoisotopic (exact) mass is 248 g/mol. The van der Waals surface area contributed by atoms with Crippen molar-refractivity contribution < 1.29 is 13.2 Å². The Bertz CT molecular complexity index is 361. The molecule has 1 unspecified atom stereocenters. The third kappa shape index (κ3) is 2.81. The number of pyridine rings is 1. The number of halogens is 3. The highest BCUT2D eigenvalue weighted by molar-refractivity contribution is 7.99. The van der Waals surface area contributed by atoms with Gasteiger partial charge in [0.2, 0.25) is 0 Å². The van der Waals surface area contributed by atoms with Gasteiger partial charge in [-0.25, -0.2) is 4.98 Å². The second kappa shape index (κ2) is 4.53. The van der Waals surface area contributed by atoms with Gasteiger partial charge in [-0.15, -0.1) is 0 Å². The lowest BCUT2D eigenvalue weighted by molar-refractivity contribution is -0.137. The van der Waals surface area contributed by atoms with Crippen molar-refractivity contribution in [2.24, 2.45) is 0 Å². The van der Waals surface area contributed by atoms with Crippen molar-refractivity contribution in [1.29, 1.82) is 0 Å². The van der Waals surface area contributed by atoms with Crippen LogP contribution in [0, 0.1) is 0 Å². The van der Waals surface area contributed by atoms with Crippen LogP contribution in [0.15, 0.2) is 18.3 Å². The third-order valence-corrected chi connectivity index (χ3v) is 3.53. The van der Waals surface area contributed by atoms with E-state index in [1.54, 1.807) is 11.8 Å². The zero-order chi connectivity index (χ0) is 11.6. The van der Waals surface area contributed by atoms with Crippen LogP contribution in [0.5, 0.6) is 0 Å². The summed E-state index contributed by atoms with van der Waals surface area (Å²) >= 11 is 1.80. The maximum absolute atomic E-state index is 12.4. The van der Waals surface area contributed by atoms with E-state index in [1.165, 1.54) is 6.20 Å². The van der Waals surface area contributed by atoms with E-state index in [1.807, 2.05) is 0 Å². The minimum Gasteiger partial charge on any atom is -0.366 e. The number of thioether (sulfide) groups is 1. The fourth-order valence-electron chi connectivity index (χ4n) is 1.54. The molecule has 16 heavy (non-hydrogen) atoms. The molecule has 1 aromatic rings. The van der Waals surface area contributed by atoms with Crippen LogP contribution in [-0.4, -0.2) is 22.5 Å². The van der Waals surface area contributed by atoms with Gasteiger partial charge in [-0.3, -0.25) is 0 Å². The molecule has 0 bridgehead atoms. The summed E-state index contributed by atoms with van der Waals surface area (Å²) in [7, 11) is 0. The minimum atomic E-state index is -4.30. The van der Waals surface area contributed by atoms with Crippen molar-refractivity contribution in [3.05, 3.63) is 23.9 Å². The summed E-state index contributed by atoms with van der Waals surface area (Å²) in [5.74, 6) is 2.29. The first-order chi connectivity index (χ1) is 7.55. The molecule has 1 aromatic heterocycles. The van der Waals surface area contributed by atoms with E-state index in [4.69, 9.17) is 0 Å². The fourth-order valence-corrected chi connectivity index (χ4v) is 2.70. The second-order valence-corrected chi connectivity index (χ2v) is 4.78. The lowest BCUT2D eigenvalue weighted by atomic mass is 10.2. The molecule has 1 saturated heterocycles. The van der Waals surface area contributed by atoms with E-state index in [0.29, 0.717) is 5.82 Å². The minimum absolute atomic E-state index is 0.237. The zero-order valence-electron chi connectivity index (χ0n) is 8.42. The van der Waals surface area contributed by atoms with E-state index in [2.05, 4.69) is 10.3 Å². The van der Waals surface area contributed by atoms with Gasteiger partial charge in [0.05, 0.1) is 5.56 Å². The Morgan fingerprint density at radius 2 is 2.25 bits per heavy atom. The molecule has 0 radical (unpaired) electrons. The molecule has 88 valence electrons. The van der Waals surface area contributed by atoms with Crippen molar-refractivity contribution in [1.82, 2.24) is 4.98 Å². The topological polar surface area (TPSA) is 24.9 Å². The summed E-state index contributed by atoms with van der Waals surface area (Å²) in [6.07, 6.45) is -2.14. The van der Waals surface area contributed by atoms with Crippen molar-refractivity contribution >= 4 is 17.6 Å². The maximum Gasteiger partial charge on any atom is 0.416 e. The molecule has 2 heterocycles. The highest BCUT2D eigenvalue weighted by atomic mass is 32.2. The van der Waals surface area contributed by atoms with Crippen LogP contribution in [0.2, 0.25) is 0 Å². The summed E-state index contributed by atoms with van der Waals surface area (Å²) in [4.78, 5) is 3.90. The average Bonchev–Trinajstić information content (AvgIpc) is 2.70. The molecule has 1 aliphatic heterocycles. The molecule has 2 rings (SSSR count). The summed E-state index contributed by atoms with van der Waals surface area (Å²) in [6, 6.07) is 2.28. The van der Waals surface area contributed by atoms with Crippen LogP contribution < -0.4 is 5.32 Å². The molecule has 1 aliphatic rings. The molecular weight excluding hydrogens is 237 g/mol. The number of aromatic nitrogens is 1. The van der Waals surface area contributed by atoms with E-state index in [0.717, 1.165) is 30.1 Å². The molecule has 0 saturated carbocycles. The van der Waals surface area contributed by atoms with E-state index in [9.17, 15) is 13.2 Å². The van der Waals surface area contributed by atoms with E-state index >= 15 is 0 Å². The number of rotatable bonds is 2. The number of nitrogens with zero attached hydrogens (tertiary/aromatic N) is 1. The van der Waals surface area contributed by atoms with Crippen molar-refractivity contribution in [2.75, 3.05) is 16.8 Å². The largest absolute Gasteiger partial charge is 0.416 e. The molecule has 0 aliphatic carbocycles. The van der Waals surface area contributed by atoms with Crippen LogP contribution >= 0.6 is 11.8 Å². The predicted molar refractivity (Wildman–Crippen MR) is 58.6 cm³/mol. The van der Waals surface area contributed by atoms with Crippen molar-refractivity contribution in [3.8, 4) is 0 Å². The Labute approximate surface area is 95.6 Å². The Balaban J connectivity index is 2.09. The molecule has 1 N–H and O–H groups in total. The Morgan fingerprint density at radius 1 is 1.44 bits per heavy atom. The smallest absolute Gasteiger partial charge is 0.366 e. The molecule has 0 amide bonds. The molecule has 2 nitrogen and oxygen atoms in total. The van der Waals surface area contributed by atoms with Crippen LogP contribution in [0.1, 0.15) is 12.0 Å². The third-order valence-electron chi connectivity index (χ3n) is 2.37.